The fourth-order valence-electron chi connectivity index (χ4n) is 1.67. The first-order valence-electron chi connectivity index (χ1n) is 6.09. The first-order valence-corrected chi connectivity index (χ1v) is 6.09. The molecule has 0 heterocycles. The zero-order valence-electron chi connectivity index (χ0n) is 11.2. The number of benzene rings is 1. The van der Waals surface area contributed by atoms with E-state index in [4.69, 9.17) is 0 Å². The summed E-state index contributed by atoms with van der Waals surface area (Å²) in [5, 5.41) is 0. The van der Waals surface area contributed by atoms with Gasteiger partial charge in [0.25, 0.3) is 0 Å². The second-order valence-electron chi connectivity index (χ2n) is 4.02. The topological polar surface area (TPSA) is 20.3 Å². The van der Waals surface area contributed by atoms with E-state index in [0.29, 0.717) is 0 Å². The van der Waals surface area contributed by atoms with Gasteiger partial charge < -0.3 is 18.2 Å². The number of hydrogen-bond donors (Lipinski definition) is 0. The van der Waals surface area contributed by atoms with Crippen LogP contribution >= 0.6 is 0 Å². The van der Waals surface area contributed by atoms with Crippen LogP contribution in [0.2, 0.25) is 0 Å². The van der Waals surface area contributed by atoms with Crippen molar-refractivity contribution in [1.29, 1.82) is 0 Å². The molecule has 1 unspecified atom stereocenters. The Balaban J connectivity index is 0.000000660. The number of anilines is 1. The van der Waals surface area contributed by atoms with Crippen LogP contribution < -0.4 is 4.90 Å². The largest absolute Gasteiger partial charge is 3.00 e. The summed E-state index contributed by atoms with van der Waals surface area (Å²) in [7, 11) is 0. The van der Waals surface area contributed by atoms with E-state index in [2.05, 4.69) is 19.4 Å². The van der Waals surface area contributed by atoms with Crippen molar-refractivity contribution in [3.63, 3.8) is 0 Å². The maximum absolute atomic E-state index is 11.5. The van der Waals surface area contributed by atoms with E-state index in [1.54, 1.807) is 6.92 Å². The molecule has 0 spiro atoms. The third kappa shape index (κ3) is 5.20. The fraction of sp³-hybridized carbons (Fsp3) is 0.400. The van der Waals surface area contributed by atoms with E-state index < -0.39 is 0 Å². The molecule has 0 aliphatic heterocycles. The van der Waals surface area contributed by atoms with Crippen molar-refractivity contribution < 1.29 is 37.5 Å². The van der Waals surface area contributed by atoms with Crippen LogP contribution in [-0.2, 0) is 37.5 Å². The minimum atomic E-state index is 0. The van der Waals surface area contributed by atoms with Crippen LogP contribution in [0.25, 0.3) is 0 Å². The number of carbonyl (C=O) groups excluding carboxylic acids is 1. The zero-order valence-corrected chi connectivity index (χ0v) is 14.1. The van der Waals surface area contributed by atoms with Gasteiger partial charge in [-0.3, -0.25) is 4.79 Å². The van der Waals surface area contributed by atoms with Crippen molar-refractivity contribution in [2.24, 2.45) is 0 Å². The Labute approximate surface area is 136 Å². The van der Waals surface area contributed by atoms with E-state index in [1.165, 1.54) is 0 Å². The van der Waals surface area contributed by atoms with Crippen molar-refractivity contribution in [3.05, 3.63) is 43.7 Å². The summed E-state index contributed by atoms with van der Waals surface area (Å²) >= 11 is 0. The standard InChI is InChI=1S/C12H13NO.C3H7.Y/c1-10(14)13(12-8-5-9-12)11-6-3-2-4-7-11;1-3-2;/h2-4,6,8,12H,5,9H2,1H3;1,3H2,2H3;/q-2;-1;+3. The van der Waals surface area contributed by atoms with E-state index in [9.17, 15) is 4.79 Å². The maximum atomic E-state index is 11.5. The second-order valence-corrected chi connectivity index (χ2v) is 4.02. The molecule has 1 atom stereocenters. The number of nitrogens with zero attached hydrogens (tertiary/aromatic N) is 1. The third-order valence-electron chi connectivity index (χ3n) is 2.52. The Bertz CT molecular complexity index is 336. The molecule has 1 fully saturated rings. The second kappa shape index (κ2) is 9.69. The monoisotopic (exact) mass is 319 g/mol. The predicted molar refractivity (Wildman–Crippen MR) is 71.4 cm³/mol. The molecule has 1 aromatic carbocycles. The molecule has 1 aromatic rings. The minimum absolute atomic E-state index is 0. The molecule has 1 amide bonds. The molecule has 2 nitrogen and oxygen atoms in total. The minimum Gasteiger partial charge on any atom is -0.363 e. The number of carbonyl (C=O) groups is 1. The third-order valence-corrected chi connectivity index (χ3v) is 2.52. The maximum Gasteiger partial charge on any atom is 3.00 e. The summed E-state index contributed by atoms with van der Waals surface area (Å²) in [6.07, 6.45) is 5.35. The van der Waals surface area contributed by atoms with Crippen molar-refractivity contribution in [2.45, 2.75) is 39.2 Å². The summed E-state index contributed by atoms with van der Waals surface area (Å²) < 4.78 is 0. The molecule has 0 bridgehead atoms. The summed E-state index contributed by atoms with van der Waals surface area (Å²) in [5.41, 5.74) is 0.876. The molecule has 94 valence electrons. The molecule has 1 aliphatic carbocycles. The molecule has 0 radical (unpaired) electrons. The number of para-hydroxylation sites is 1. The molecule has 0 saturated heterocycles. The molecule has 1 aliphatic rings. The molecule has 2 rings (SSSR count). The average Bonchev–Trinajstić information content (AvgIpc) is 2.25. The summed E-state index contributed by atoms with van der Waals surface area (Å²) in [4.78, 5) is 13.3. The van der Waals surface area contributed by atoms with Gasteiger partial charge >= 0.3 is 32.7 Å². The van der Waals surface area contributed by atoms with Crippen LogP contribution in [0.4, 0.5) is 5.69 Å². The van der Waals surface area contributed by atoms with E-state index >= 15 is 0 Å². The van der Waals surface area contributed by atoms with Crippen LogP contribution in [0.15, 0.2) is 24.3 Å². The SMILES string of the molecule is CC(=O)N(c1[c-]cccc1)C1[CH-]CC1.[CH2-]CC.[Y+3]. The number of hydrogen-bond acceptors (Lipinski definition) is 1. The fourth-order valence-corrected chi connectivity index (χ4v) is 1.67. The summed E-state index contributed by atoms with van der Waals surface area (Å²) in [5.74, 6) is 0.0911. The molecule has 1 saturated carbocycles. The molecule has 18 heavy (non-hydrogen) atoms. The Kier molecular flexibility index (Phi) is 9.58. The van der Waals surface area contributed by atoms with Gasteiger partial charge in [-0.1, -0.05) is 25.1 Å². The first-order chi connectivity index (χ1) is 8.20. The van der Waals surface area contributed by atoms with Gasteiger partial charge in [0.05, 0.1) is 0 Å². The Morgan fingerprint density at radius 3 is 2.56 bits per heavy atom. The van der Waals surface area contributed by atoms with Gasteiger partial charge in [0.2, 0.25) is 5.91 Å². The van der Waals surface area contributed by atoms with E-state index in [0.717, 1.165) is 24.9 Å². The Hall–Kier alpha value is -0.206. The molecule has 0 aromatic heterocycles. The quantitative estimate of drug-likeness (QED) is 0.765. The van der Waals surface area contributed by atoms with Crippen LogP contribution in [0, 0.1) is 19.4 Å². The van der Waals surface area contributed by atoms with Gasteiger partial charge in [0.15, 0.2) is 0 Å². The smallest absolute Gasteiger partial charge is 0.363 e. The van der Waals surface area contributed by atoms with E-state index in [-0.39, 0.29) is 44.7 Å². The van der Waals surface area contributed by atoms with Gasteiger partial charge in [0.1, 0.15) is 0 Å². The van der Waals surface area contributed by atoms with Crippen LogP contribution in [0.1, 0.15) is 33.1 Å². The van der Waals surface area contributed by atoms with Crippen LogP contribution in [-0.4, -0.2) is 11.9 Å². The van der Waals surface area contributed by atoms with Gasteiger partial charge in [-0.05, 0) is 0 Å². The predicted octanol–water partition coefficient (Wildman–Crippen LogP) is 3.43. The van der Waals surface area contributed by atoms with Crippen molar-refractivity contribution in [3.8, 4) is 0 Å². The van der Waals surface area contributed by atoms with Crippen LogP contribution in [0.5, 0.6) is 0 Å². The molecular formula is C15H20NOY. The summed E-state index contributed by atoms with van der Waals surface area (Å²) in [6, 6.07) is 11.0. The van der Waals surface area contributed by atoms with E-state index in [1.807, 2.05) is 36.1 Å². The van der Waals surface area contributed by atoms with Gasteiger partial charge in [-0.2, -0.15) is 37.1 Å². The molecule has 0 N–H and O–H groups in total. The normalized spacial score (nSPS) is 16.5. The van der Waals surface area contributed by atoms with Gasteiger partial charge in [-0.15, -0.1) is 6.07 Å². The summed E-state index contributed by atoms with van der Waals surface area (Å²) in [6.45, 7) is 7.10. The Morgan fingerprint density at radius 1 is 1.61 bits per heavy atom. The van der Waals surface area contributed by atoms with Gasteiger partial charge in [0, 0.05) is 6.92 Å². The van der Waals surface area contributed by atoms with Crippen LogP contribution in [0.3, 0.4) is 0 Å². The molecular weight excluding hydrogens is 299 g/mol. The average molecular weight is 319 g/mol. The number of amides is 1. The Morgan fingerprint density at radius 2 is 2.22 bits per heavy atom. The van der Waals surface area contributed by atoms with Crippen molar-refractivity contribution in [2.75, 3.05) is 4.90 Å². The number of rotatable bonds is 2. The van der Waals surface area contributed by atoms with Crippen molar-refractivity contribution >= 4 is 11.6 Å². The zero-order chi connectivity index (χ0) is 12.7. The molecule has 3 heteroatoms. The first kappa shape index (κ1) is 17.8. The van der Waals surface area contributed by atoms with Gasteiger partial charge in [-0.25, -0.2) is 0 Å². The van der Waals surface area contributed by atoms with Crippen molar-refractivity contribution in [1.82, 2.24) is 0 Å².